The van der Waals surface area contributed by atoms with Crippen LogP contribution in [0.2, 0.25) is 0 Å². The Bertz CT molecular complexity index is 652. The van der Waals surface area contributed by atoms with Gasteiger partial charge in [-0.25, -0.2) is 13.6 Å². The molecule has 2 N–H and O–H groups in total. The van der Waals surface area contributed by atoms with E-state index in [1.54, 1.807) is 0 Å². The largest absolute Gasteiger partial charge is 0.366 e. The molecule has 1 aromatic rings. The molecule has 3 aliphatic rings. The molecule has 0 aromatic heterocycles. The molecular weight excluding hydrogens is 314 g/mol. The van der Waals surface area contributed by atoms with Crippen LogP contribution >= 0.6 is 0 Å². The first-order valence-electron chi connectivity index (χ1n) is 8.68. The Kier molecular flexibility index (Phi) is 3.75. The van der Waals surface area contributed by atoms with Crippen molar-refractivity contribution in [3.05, 3.63) is 35.4 Å². The van der Waals surface area contributed by atoms with Gasteiger partial charge in [0.05, 0.1) is 18.5 Å². The standard InChI is InChI=1S/C18H22F2N2O2/c19-18(20)15-9-4-10-24-17(15,18)11-21-16(23)22-14-8-3-6-12-5-1-2-7-13(12)14/h1-2,5,7,14-15H,3-4,6,8-11H2,(H2,21,22,23)/t14-,15-,17+/m1/s1. The zero-order valence-electron chi connectivity index (χ0n) is 13.5. The summed E-state index contributed by atoms with van der Waals surface area (Å²) >= 11 is 0. The summed E-state index contributed by atoms with van der Waals surface area (Å²) in [5, 5.41) is 5.54. The zero-order chi connectivity index (χ0) is 16.8. The van der Waals surface area contributed by atoms with Crippen molar-refractivity contribution in [2.75, 3.05) is 13.2 Å². The average molecular weight is 336 g/mol. The van der Waals surface area contributed by atoms with Crippen LogP contribution in [0.1, 0.15) is 42.9 Å². The van der Waals surface area contributed by atoms with E-state index < -0.39 is 23.5 Å². The molecule has 4 rings (SSSR count). The molecule has 3 atom stereocenters. The number of urea groups is 1. The second-order valence-electron chi connectivity index (χ2n) is 7.03. The number of halogens is 2. The highest BCUT2D eigenvalue weighted by atomic mass is 19.3. The number of carbonyl (C=O) groups excluding carboxylic acids is 1. The van der Waals surface area contributed by atoms with E-state index in [1.165, 1.54) is 5.56 Å². The predicted molar refractivity (Wildman–Crippen MR) is 85.0 cm³/mol. The first-order chi connectivity index (χ1) is 11.5. The molecule has 0 bridgehead atoms. The number of carbonyl (C=O) groups is 1. The highest BCUT2D eigenvalue weighted by Crippen LogP contribution is 2.64. The van der Waals surface area contributed by atoms with Gasteiger partial charge in [-0.05, 0) is 43.2 Å². The number of benzene rings is 1. The summed E-state index contributed by atoms with van der Waals surface area (Å²) in [5.41, 5.74) is 0.894. The highest BCUT2D eigenvalue weighted by Gasteiger charge is 2.82. The smallest absolute Gasteiger partial charge is 0.315 e. The van der Waals surface area contributed by atoms with Gasteiger partial charge < -0.3 is 15.4 Å². The Hall–Kier alpha value is -1.69. The van der Waals surface area contributed by atoms with Crippen LogP contribution in [0.15, 0.2) is 24.3 Å². The van der Waals surface area contributed by atoms with Crippen LogP contribution in [0.3, 0.4) is 0 Å². The van der Waals surface area contributed by atoms with Gasteiger partial charge in [0.2, 0.25) is 0 Å². The summed E-state index contributed by atoms with van der Waals surface area (Å²) in [6.45, 7) is 0.205. The van der Waals surface area contributed by atoms with Gasteiger partial charge in [-0.15, -0.1) is 0 Å². The molecule has 6 heteroatoms. The number of nitrogens with one attached hydrogen (secondary N) is 2. The van der Waals surface area contributed by atoms with Crippen molar-refractivity contribution in [3.63, 3.8) is 0 Å². The molecule has 2 aliphatic carbocycles. The Morgan fingerprint density at radius 3 is 2.92 bits per heavy atom. The van der Waals surface area contributed by atoms with E-state index in [9.17, 15) is 13.6 Å². The number of hydrogen-bond donors (Lipinski definition) is 2. The molecule has 130 valence electrons. The SMILES string of the molecule is O=C(NC[C@]12OCCC[C@H]1C2(F)F)N[C@@H]1CCCc2ccccc21. The van der Waals surface area contributed by atoms with Crippen LogP contribution in [0, 0.1) is 5.92 Å². The minimum atomic E-state index is -2.83. The van der Waals surface area contributed by atoms with Gasteiger partial charge >= 0.3 is 6.03 Å². The molecule has 1 aromatic carbocycles. The molecule has 24 heavy (non-hydrogen) atoms. The van der Waals surface area contributed by atoms with E-state index in [0.717, 1.165) is 24.8 Å². The molecule has 1 aliphatic heterocycles. The number of rotatable bonds is 3. The molecule has 1 saturated heterocycles. The highest BCUT2D eigenvalue weighted by molar-refractivity contribution is 5.74. The topological polar surface area (TPSA) is 50.4 Å². The summed E-state index contributed by atoms with van der Waals surface area (Å²) in [4.78, 5) is 12.2. The van der Waals surface area contributed by atoms with Gasteiger partial charge in [-0.3, -0.25) is 0 Å². The Labute approximate surface area is 139 Å². The number of aryl methyl sites for hydroxylation is 1. The molecule has 4 nitrogen and oxygen atoms in total. The molecule has 2 amide bonds. The maximum atomic E-state index is 14.0. The number of alkyl halides is 2. The summed E-state index contributed by atoms with van der Waals surface area (Å²) in [7, 11) is 0. The maximum Gasteiger partial charge on any atom is 0.315 e. The Morgan fingerprint density at radius 2 is 2.08 bits per heavy atom. The van der Waals surface area contributed by atoms with E-state index in [2.05, 4.69) is 16.7 Å². The molecule has 0 radical (unpaired) electrons. The van der Waals surface area contributed by atoms with Crippen molar-refractivity contribution in [1.29, 1.82) is 0 Å². The second kappa shape index (κ2) is 5.69. The van der Waals surface area contributed by atoms with Crippen LogP contribution in [0.25, 0.3) is 0 Å². The number of hydrogen-bond acceptors (Lipinski definition) is 2. The third kappa shape index (κ3) is 2.39. The summed E-state index contributed by atoms with van der Waals surface area (Å²) in [6.07, 6.45) is 4.01. The molecule has 0 unspecified atom stereocenters. The van der Waals surface area contributed by atoms with E-state index in [1.807, 2.05) is 18.2 Å². The van der Waals surface area contributed by atoms with Crippen LogP contribution in [0.4, 0.5) is 13.6 Å². The maximum absolute atomic E-state index is 14.0. The van der Waals surface area contributed by atoms with Gasteiger partial charge in [-0.2, -0.15) is 0 Å². The summed E-state index contributed by atoms with van der Waals surface area (Å²) < 4.78 is 33.3. The average Bonchev–Trinajstić information content (AvgIpc) is 3.10. The first-order valence-corrected chi connectivity index (χ1v) is 8.68. The summed E-state index contributed by atoms with van der Waals surface area (Å²) in [6, 6.07) is 7.59. The lowest BCUT2D eigenvalue weighted by Gasteiger charge is -2.27. The first kappa shape index (κ1) is 15.8. The van der Waals surface area contributed by atoms with Gasteiger partial charge in [0.1, 0.15) is 0 Å². The Balaban J connectivity index is 1.37. The molecule has 2 fully saturated rings. The lowest BCUT2D eigenvalue weighted by Crippen LogP contribution is -2.46. The Morgan fingerprint density at radius 1 is 1.25 bits per heavy atom. The van der Waals surface area contributed by atoms with E-state index >= 15 is 0 Å². The van der Waals surface area contributed by atoms with Gasteiger partial charge in [-0.1, -0.05) is 24.3 Å². The second-order valence-corrected chi connectivity index (χ2v) is 7.03. The van der Waals surface area contributed by atoms with Crippen molar-refractivity contribution in [2.45, 2.75) is 49.7 Å². The molecule has 1 heterocycles. The van der Waals surface area contributed by atoms with Crippen LogP contribution in [-0.4, -0.2) is 30.7 Å². The number of ether oxygens (including phenoxy) is 1. The quantitative estimate of drug-likeness (QED) is 0.891. The summed E-state index contributed by atoms with van der Waals surface area (Å²) in [5.74, 6) is -3.58. The minimum absolute atomic E-state index is 0.0600. The van der Waals surface area contributed by atoms with Gasteiger partial charge in [0, 0.05) is 6.61 Å². The molecule has 0 spiro atoms. The van der Waals surface area contributed by atoms with Crippen molar-refractivity contribution < 1.29 is 18.3 Å². The third-order valence-corrected chi connectivity index (χ3v) is 5.66. The lowest BCUT2D eigenvalue weighted by atomic mass is 9.88. The van der Waals surface area contributed by atoms with Crippen molar-refractivity contribution >= 4 is 6.03 Å². The van der Waals surface area contributed by atoms with Crippen LogP contribution < -0.4 is 10.6 Å². The minimum Gasteiger partial charge on any atom is -0.366 e. The lowest BCUT2D eigenvalue weighted by molar-refractivity contribution is -0.0572. The fourth-order valence-corrected chi connectivity index (χ4v) is 4.28. The van der Waals surface area contributed by atoms with E-state index in [-0.39, 0.29) is 12.6 Å². The molecular formula is C18H22F2N2O2. The third-order valence-electron chi connectivity index (χ3n) is 5.66. The van der Waals surface area contributed by atoms with Crippen molar-refractivity contribution in [2.24, 2.45) is 5.92 Å². The van der Waals surface area contributed by atoms with E-state index in [4.69, 9.17) is 4.74 Å². The van der Waals surface area contributed by atoms with Crippen molar-refractivity contribution in [3.8, 4) is 0 Å². The van der Waals surface area contributed by atoms with Gasteiger partial charge in [0.25, 0.3) is 5.92 Å². The predicted octanol–water partition coefficient (Wildman–Crippen LogP) is 3.18. The van der Waals surface area contributed by atoms with Crippen LogP contribution in [0.5, 0.6) is 0 Å². The zero-order valence-corrected chi connectivity index (χ0v) is 13.5. The van der Waals surface area contributed by atoms with E-state index in [0.29, 0.717) is 19.4 Å². The fraction of sp³-hybridized carbons (Fsp3) is 0.611. The monoisotopic (exact) mass is 336 g/mol. The number of fused-ring (bicyclic) bond motifs is 2. The number of amides is 2. The van der Waals surface area contributed by atoms with Gasteiger partial charge in [0.15, 0.2) is 5.60 Å². The van der Waals surface area contributed by atoms with Crippen molar-refractivity contribution in [1.82, 2.24) is 10.6 Å². The normalized spacial score (nSPS) is 33.1. The fourth-order valence-electron chi connectivity index (χ4n) is 4.28. The molecule has 1 saturated carbocycles. The van der Waals surface area contributed by atoms with Crippen LogP contribution in [-0.2, 0) is 11.2 Å².